The van der Waals surface area contributed by atoms with Gasteiger partial charge in [0.05, 0.1) is 46.4 Å². The summed E-state index contributed by atoms with van der Waals surface area (Å²) in [5, 5.41) is 17.8. The molecule has 0 bridgehead atoms. The van der Waals surface area contributed by atoms with Gasteiger partial charge in [0.25, 0.3) is 5.91 Å². The Kier molecular flexibility index (Phi) is 7.53. The van der Waals surface area contributed by atoms with Gasteiger partial charge >= 0.3 is 6.09 Å². The third-order valence-electron chi connectivity index (χ3n) is 7.46. The van der Waals surface area contributed by atoms with Crippen molar-refractivity contribution in [3.63, 3.8) is 0 Å². The Morgan fingerprint density at radius 3 is 2.56 bits per heavy atom. The highest BCUT2D eigenvalue weighted by Crippen LogP contribution is 2.34. The second kappa shape index (κ2) is 10.9. The van der Waals surface area contributed by atoms with E-state index >= 15 is 4.39 Å². The molecule has 5 rings (SSSR count). The number of hydrogen-bond donors (Lipinski definition) is 1. The van der Waals surface area contributed by atoms with E-state index in [1.54, 1.807) is 27.0 Å². The van der Waals surface area contributed by atoms with Crippen LogP contribution in [0.4, 0.5) is 15.0 Å². The number of pyridine rings is 1. The number of nitrogens with zero attached hydrogens (tertiary/aromatic N) is 6. The minimum absolute atomic E-state index is 0.0189. The van der Waals surface area contributed by atoms with Crippen molar-refractivity contribution in [2.45, 2.75) is 70.7 Å². The van der Waals surface area contributed by atoms with E-state index in [9.17, 15) is 14.9 Å². The van der Waals surface area contributed by atoms with Gasteiger partial charge in [0.1, 0.15) is 17.2 Å². The van der Waals surface area contributed by atoms with Crippen LogP contribution in [-0.4, -0.2) is 68.3 Å². The molecule has 0 radical (unpaired) electrons. The molecule has 1 aromatic carbocycles. The number of fused-ring (bicyclic) bond motifs is 1. The number of halogens is 1. The number of nitriles is 1. The highest BCUT2D eigenvalue weighted by atomic mass is 19.1. The molecule has 214 valence electrons. The lowest BCUT2D eigenvalue weighted by Crippen LogP contribution is -2.37. The molecule has 1 saturated carbocycles. The zero-order chi connectivity index (χ0) is 29.5. The molecule has 0 unspecified atom stereocenters. The van der Waals surface area contributed by atoms with Crippen LogP contribution in [0.25, 0.3) is 16.9 Å². The summed E-state index contributed by atoms with van der Waals surface area (Å²) >= 11 is 0. The third-order valence-corrected chi connectivity index (χ3v) is 7.46. The highest BCUT2D eigenvalue weighted by molar-refractivity contribution is 6.08. The van der Waals surface area contributed by atoms with Crippen molar-refractivity contribution in [3.05, 3.63) is 59.2 Å². The van der Waals surface area contributed by atoms with Crippen LogP contribution in [0.3, 0.4) is 0 Å². The zero-order valence-corrected chi connectivity index (χ0v) is 23.9. The van der Waals surface area contributed by atoms with Crippen LogP contribution in [0.15, 0.2) is 36.5 Å². The number of nitrogens with one attached hydrogen (secondary N) is 1. The van der Waals surface area contributed by atoms with Gasteiger partial charge in [0.15, 0.2) is 0 Å². The van der Waals surface area contributed by atoms with Gasteiger partial charge in [-0.15, -0.1) is 0 Å². The molecule has 10 nitrogen and oxygen atoms in total. The van der Waals surface area contributed by atoms with Gasteiger partial charge in [-0.1, -0.05) is 6.07 Å². The van der Waals surface area contributed by atoms with Gasteiger partial charge < -0.3 is 15.0 Å². The predicted molar refractivity (Wildman–Crippen MR) is 151 cm³/mol. The normalized spacial score (nSPS) is 18.8. The molecule has 11 heteroatoms. The van der Waals surface area contributed by atoms with Crippen LogP contribution in [0.1, 0.15) is 68.1 Å². The number of benzene rings is 1. The predicted octanol–water partition coefficient (Wildman–Crippen LogP) is 5.12. The summed E-state index contributed by atoms with van der Waals surface area (Å²) in [6.45, 7) is 5.00. The van der Waals surface area contributed by atoms with Crippen LogP contribution in [-0.2, 0) is 11.3 Å². The Hall–Kier alpha value is -4.30. The van der Waals surface area contributed by atoms with E-state index in [0.29, 0.717) is 17.5 Å². The average Bonchev–Trinajstić information content (AvgIpc) is 3.51. The second-order valence-electron chi connectivity index (χ2n) is 11.8. The van der Waals surface area contributed by atoms with Crippen molar-refractivity contribution in [3.8, 4) is 23.0 Å². The van der Waals surface area contributed by atoms with E-state index in [0.717, 1.165) is 30.6 Å². The maximum atomic E-state index is 15.0. The molecule has 0 saturated heterocycles. The Balaban J connectivity index is 1.52. The first kappa shape index (κ1) is 28.2. The molecular weight excluding hydrogens is 525 g/mol. The van der Waals surface area contributed by atoms with Gasteiger partial charge in [-0.3, -0.25) is 4.79 Å². The van der Waals surface area contributed by atoms with Gasteiger partial charge in [0, 0.05) is 24.3 Å². The largest absolute Gasteiger partial charge is 0.443 e. The summed E-state index contributed by atoms with van der Waals surface area (Å²) in [5.74, 6) is -0.556. The van der Waals surface area contributed by atoms with Crippen molar-refractivity contribution >= 4 is 17.8 Å². The summed E-state index contributed by atoms with van der Waals surface area (Å²) < 4.78 is 22.0. The Morgan fingerprint density at radius 1 is 1.17 bits per heavy atom. The van der Waals surface area contributed by atoms with E-state index in [-0.39, 0.29) is 40.7 Å². The zero-order valence-electron chi connectivity index (χ0n) is 23.9. The molecule has 1 N–H and O–H groups in total. The molecule has 41 heavy (non-hydrogen) atoms. The molecule has 0 spiro atoms. The average molecular weight is 560 g/mol. The fraction of sp³-hybridized carbons (Fsp3) is 0.433. The van der Waals surface area contributed by atoms with E-state index in [1.165, 1.54) is 28.9 Å². The van der Waals surface area contributed by atoms with Crippen molar-refractivity contribution in [1.82, 2.24) is 24.6 Å². The lowest BCUT2D eigenvalue weighted by Gasteiger charge is -2.32. The van der Waals surface area contributed by atoms with Crippen molar-refractivity contribution in [2.75, 3.05) is 19.4 Å². The van der Waals surface area contributed by atoms with E-state index in [1.807, 2.05) is 12.1 Å². The Bertz CT molecular complexity index is 1530. The topological polar surface area (TPSA) is 116 Å². The molecule has 1 aliphatic heterocycles. The van der Waals surface area contributed by atoms with Crippen LogP contribution < -0.4 is 5.32 Å². The fourth-order valence-electron chi connectivity index (χ4n) is 5.42. The maximum Gasteiger partial charge on any atom is 0.417 e. The second-order valence-corrected chi connectivity index (χ2v) is 11.8. The molecule has 1 aliphatic carbocycles. The first-order valence-corrected chi connectivity index (χ1v) is 13.7. The number of carbonyl (C=O) groups is 2. The standard InChI is InChI=1S/C30H34FN7O3/c1-30(2,3)41-29(40)37-17-23-27(28(37)39)24(15-22(34-23)26-18(16-32)7-6-8-21(26)31)38-14-13-25(35-38)33-19-9-11-20(12-10-19)36(4)5/h6-8,13-15,19-20H,9-12,17H2,1-5H3,(H,33,35)/t19-,20-. The van der Waals surface area contributed by atoms with Crippen LogP contribution in [0.5, 0.6) is 0 Å². The SMILES string of the molecule is CN(C)[C@H]1CC[C@H](Nc2ccn(-c3cc(-c4c(F)cccc4C#N)nc4c3C(=O)N(C(=O)OC(C)(C)C)C4)n2)CC1. The highest BCUT2D eigenvalue weighted by Gasteiger charge is 2.39. The number of anilines is 1. The molecule has 1 fully saturated rings. The molecule has 2 aromatic heterocycles. The first-order chi connectivity index (χ1) is 19.4. The monoisotopic (exact) mass is 559 g/mol. The van der Waals surface area contributed by atoms with Crippen LogP contribution >= 0.6 is 0 Å². The van der Waals surface area contributed by atoms with Gasteiger partial charge in [0.2, 0.25) is 0 Å². The van der Waals surface area contributed by atoms with Crippen molar-refractivity contribution < 1.29 is 18.7 Å². The number of aromatic nitrogens is 3. The minimum Gasteiger partial charge on any atom is -0.443 e. The minimum atomic E-state index is -0.809. The summed E-state index contributed by atoms with van der Waals surface area (Å²) in [7, 11) is 4.21. The summed E-state index contributed by atoms with van der Waals surface area (Å²) in [6.07, 6.45) is 5.11. The molecule has 2 amide bonds. The maximum absolute atomic E-state index is 15.0. The van der Waals surface area contributed by atoms with Gasteiger partial charge in [-0.25, -0.2) is 23.8 Å². The Labute approximate surface area is 238 Å². The third kappa shape index (κ3) is 5.79. The number of ether oxygens (including phenoxy) is 1. The van der Waals surface area contributed by atoms with Crippen molar-refractivity contribution in [2.24, 2.45) is 0 Å². The Morgan fingerprint density at radius 2 is 1.90 bits per heavy atom. The number of amides is 2. The molecule has 2 aliphatic rings. The van der Waals surface area contributed by atoms with Crippen LogP contribution in [0, 0.1) is 17.1 Å². The summed E-state index contributed by atoms with van der Waals surface area (Å²) in [5.41, 5.74) is 0.259. The number of imide groups is 1. The molecule has 0 atom stereocenters. The lowest BCUT2D eigenvalue weighted by molar-refractivity contribution is 0.0247. The van der Waals surface area contributed by atoms with E-state index in [2.05, 4.69) is 29.3 Å². The van der Waals surface area contributed by atoms with Gasteiger partial charge in [-0.05, 0) is 78.7 Å². The first-order valence-electron chi connectivity index (χ1n) is 13.7. The quantitative estimate of drug-likeness (QED) is 0.458. The summed E-state index contributed by atoms with van der Waals surface area (Å²) in [6, 6.07) is 10.4. The summed E-state index contributed by atoms with van der Waals surface area (Å²) in [4.78, 5) is 34.3. The number of rotatable bonds is 5. The molecule has 3 aromatic rings. The lowest BCUT2D eigenvalue weighted by atomic mass is 9.90. The van der Waals surface area contributed by atoms with Gasteiger partial charge in [-0.2, -0.15) is 10.4 Å². The molecular formula is C30H34FN7O3. The number of hydrogen-bond acceptors (Lipinski definition) is 8. The smallest absolute Gasteiger partial charge is 0.417 e. The van der Waals surface area contributed by atoms with Crippen LogP contribution in [0.2, 0.25) is 0 Å². The number of carbonyl (C=O) groups excluding carboxylic acids is 2. The fourth-order valence-corrected chi connectivity index (χ4v) is 5.42. The van der Waals surface area contributed by atoms with E-state index < -0.39 is 23.4 Å². The van der Waals surface area contributed by atoms with Crippen molar-refractivity contribution in [1.29, 1.82) is 5.26 Å². The molecule has 3 heterocycles. The van der Waals surface area contributed by atoms with E-state index in [4.69, 9.17) is 9.84 Å².